The normalized spacial score (nSPS) is 12.3. The first-order valence-corrected chi connectivity index (χ1v) is 10.7. The molecule has 0 heterocycles. The fourth-order valence-electron chi connectivity index (χ4n) is 2.49. The molecule has 138 valence electrons. The molecule has 0 radical (unpaired) electrons. The second-order valence-corrected chi connectivity index (χ2v) is 12.1. The van der Waals surface area contributed by atoms with E-state index in [1.165, 1.54) is 0 Å². The molecule has 0 bridgehead atoms. The Kier molecular flexibility index (Phi) is 6.68. The third kappa shape index (κ3) is 5.14. The molecule has 0 aliphatic rings. The van der Waals surface area contributed by atoms with Crippen molar-refractivity contribution in [2.75, 3.05) is 0 Å². The monoisotopic (exact) mass is 542 g/mol. The summed E-state index contributed by atoms with van der Waals surface area (Å²) in [5.74, 6) is 0.103. The van der Waals surface area contributed by atoms with Gasteiger partial charge in [0.05, 0.1) is 13.5 Å². The molecule has 2 nitrogen and oxygen atoms in total. The van der Waals surface area contributed by atoms with Gasteiger partial charge in [0.1, 0.15) is 0 Å². The minimum atomic E-state index is -0.576. The van der Waals surface area contributed by atoms with Crippen molar-refractivity contribution in [1.82, 2.24) is 0 Å². The van der Waals surface area contributed by atoms with Gasteiger partial charge in [-0.25, -0.2) is 0 Å². The van der Waals surface area contributed by atoms with Crippen molar-refractivity contribution in [3.05, 3.63) is 70.8 Å². The first-order valence-electron chi connectivity index (χ1n) is 8.22. The molecule has 5 heteroatoms. The third-order valence-electron chi connectivity index (χ3n) is 4.01. The quantitative estimate of drug-likeness (QED) is 0.293. The fourth-order valence-corrected chi connectivity index (χ4v) is 3.55. The van der Waals surface area contributed by atoms with E-state index in [4.69, 9.17) is 0 Å². The van der Waals surface area contributed by atoms with Gasteiger partial charge in [0.15, 0.2) is 11.6 Å². The second kappa shape index (κ2) is 8.07. The van der Waals surface area contributed by atoms with Crippen molar-refractivity contribution in [2.45, 2.75) is 41.2 Å². The van der Waals surface area contributed by atoms with Gasteiger partial charge in [0.25, 0.3) is 0 Å². The standard InChI is InChI=1S/C21H21Br3O2/c1-20(2,23)18(25)15-9-5-13(6-10-15)17(22)14-7-11-16(12-8-14)19(26)21(3,4)24/h5-12,17H,1-4H3. The van der Waals surface area contributed by atoms with Crippen LogP contribution in [0.5, 0.6) is 0 Å². The summed E-state index contributed by atoms with van der Waals surface area (Å²) >= 11 is 10.5. The number of Topliss-reactive ketones (excluding diaryl/α,β-unsaturated/α-hetero) is 2. The predicted molar refractivity (Wildman–Crippen MR) is 118 cm³/mol. The molecule has 0 unspecified atom stereocenters. The van der Waals surface area contributed by atoms with E-state index in [-0.39, 0.29) is 16.4 Å². The Morgan fingerprint density at radius 1 is 0.692 bits per heavy atom. The highest BCUT2D eigenvalue weighted by atomic mass is 79.9. The van der Waals surface area contributed by atoms with Gasteiger partial charge < -0.3 is 0 Å². The number of halogens is 3. The second-order valence-electron chi connectivity index (χ2n) is 7.21. The molecule has 0 fully saturated rings. The molecule has 0 aromatic heterocycles. The molecule has 0 saturated carbocycles. The minimum absolute atomic E-state index is 0.00948. The van der Waals surface area contributed by atoms with Crippen molar-refractivity contribution in [2.24, 2.45) is 0 Å². The molecule has 0 spiro atoms. The lowest BCUT2D eigenvalue weighted by Gasteiger charge is -2.17. The Morgan fingerprint density at radius 3 is 1.19 bits per heavy atom. The number of carbonyl (C=O) groups is 2. The fraction of sp³-hybridized carbons (Fsp3) is 0.333. The van der Waals surface area contributed by atoms with Crippen LogP contribution in [0.15, 0.2) is 48.5 Å². The minimum Gasteiger partial charge on any atom is -0.293 e. The van der Waals surface area contributed by atoms with Crippen LogP contribution in [0.3, 0.4) is 0 Å². The van der Waals surface area contributed by atoms with Gasteiger partial charge in [-0.2, -0.15) is 0 Å². The molecule has 2 aromatic rings. The van der Waals surface area contributed by atoms with Crippen LogP contribution in [0.4, 0.5) is 0 Å². The Bertz CT molecular complexity index is 726. The van der Waals surface area contributed by atoms with Crippen LogP contribution in [0.25, 0.3) is 0 Å². The van der Waals surface area contributed by atoms with Gasteiger partial charge in [-0.1, -0.05) is 96.3 Å². The smallest absolute Gasteiger partial charge is 0.178 e. The number of carbonyl (C=O) groups excluding carboxylic acids is 2. The van der Waals surface area contributed by atoms with Crippen molar-refractivity contribution < 1.29 is 9.59 Å². The van der Waals surface area contributed by atoms with E-state index in [9.17, 15) is 9.59 Å². The Labute approximate surface area is 180 Å². The average molecular weight is 545 g/mol. The lowest BCUT2D eigenvalue weighted by Crippen LogP contribution is -2.24. The van der Waals surface area contributed by atoms with Crippen molar-refractivity contribution in [3.63, 3.8) is 0 Å². The van der Waals surface area contributed by atoms with Crippen LogP contribution in [-0.4, -0.2) is 20.2 Å². The lowest BCUT2D eigenvalue weighted by molar-refractivity contribution is 0.0954. The maximum atomic E-state index is 12.3. The van der Waals surface area contributed by atoms with E-state index in [1.807, 2.05) is 76.2 Å². The van der Waals surface area contributed by atoms with Gasteiger partial charge in [-0.05, 0) is 38.8 Å². The molecule has 0 aliphatic carbocycles. The van der Waals surface area contributed by atoms with E-state index in [2.05, 4.69) is 47.8 Å². The summed E-state index contributed by atoms with van der Waals surface area (Å²) < 4.78 is -1.15. The highest BCUT2D eigenvalue weighted by molar-refractivity contribution is 9.10. The molecule has 2 aromatic carbocycles. The largest absolute Gasteiger partial charge is 0.293 e. The summed E-state index contributed by atoms with van der Waals surface area (Å²) in [4.78, 5) is 24.6. The molecule has 0 atom stereocenters. The van der Waals surface area contributed by atoms with Gasteiger partial charge in [0.2, 0.25) is 0 Å². The van der Waals surface area contributed by atoms with Crippen LogP contribution in [-0.2, 0) is 0 Å². The van der Waals surface area contributed by atoms with E-state index in [0.717, 1.165) is 11.1 Å². The first kappa shape index (κ1) is 21.5. The Balaban J connectivity index is 2.20. The topological polar surface area (TPSA) is 34.1 Å². The van der Waals surface area contributed by atoms with E-state index in [0.29, 0.717) is 11.1 Å². The van der Waals surface area contributed by atoms with Crippen molar-refractivity contribution in [1.29, 1.82) is 0 Å². The van der Waals surface area contributed by atoms with Gasteiger partial charge in [0, 0.05) is 11.1 Å². The van der Waals surface area contributed by atoms with Crippen molar-refractivity contribution >= 4 is 59.4 Å². The summed E-state index contributed by atoms with van der Waals surface area (Å²) in [5.41, 5.74) is 3.45. The van der Waals surface area contributed by atoms with Crippen molar-refractivity contribution in [3.8, 4) is 0 Å². The number of hydrogen-bond acceptors (Lipinski definition) is 2. The molecule has 0 saturated heterocycles. The van der Waals surface area contributed by atoms with E-state index < -0.39 is 8.65 Å². The zero-order chi connectivity index (χ0) is 19.7. The molecular formula is C21H21Br3O2. The number of ketones is 2. The SMILES string of the molecule is CC(C)(Br)C(=O)c1ccc(C(Br)c2ccc(C(=O)C(C)(C)Br)cc2)cc1. The molecule has 26 heavy (non-hydrogen) atoms. The summed E-state index contributed by atoms with van der Waals surface area (Å²) in [6, 6.07) is 15.2. The van der Waals surface area contributed by atoms with Gasteiger partial charge in [-0.15, -0.1) is 0 Å². The van der Waals surface area contributed by atoms with Crippen LogP contribution in [0.2, 0.25) is 0 Å². The van der Waals surface area contributed by atoms with Crippen LogP contribution >= 0.6 is 47.8 Å². The summed E-state index contributed by atoms with van der Waals surface area (Å²) in [5, 5.41) is 0. The summed E-state index contributed by atoms with van der Waals surface area (Å²) in [7, 11) is 0. The van der Waals surface area contributed by atoms with Gasteiger partial charge in [-0.3, -0.25) is 9.59 Å². The third-order valence-corrected chi connectivity index (χ3v) is 5.79. The zero-order valence-electron chi connectivity index (χ0n) is 15.1. The molecule has 2 rings (SSSR count). The first-order chi connectivity index (χ1) is 11.9. The maximum Gasteiger partial charge on any atom is 0.178 e. The average Bonchev–Trinajstić information content (AvgIpc) is 2.58. The predicted octanol–water partition coefficient (Wildman–Crippen LogP) is 6.88. The van der Waals surface area contributed by atoms with Crippen LogP contribution in [0.1, 0.15) is 64.4 Å². The van der Waals surface area contributed by atoms with Crippen LogP contribution < -0.4 is 0 Å². The molecule has 0 N–H and O–H groups in total. The highest BCUT2D eigenvalue weighted by Crippen LogP contribution is 2.32. The van der Waals surface area contributed by atoms with E-state index >= 15 is 0 Å². The highest BCUT2D eigenvalue weighted by Gasteiger charge is 2.26. The Morgan fingerprint density at radius 2 is 0.962 bits per heavy atom. The molecule has 0 aliphatic heterocycles. The number of alkyl halides is 3. The van der Waals surface area contributed by atoms with Gasteiger partial charge >= 0.3 is 0 Å². The molecular weight excluding hydrogens is 524 g/mol. The lowest BCUT2D eigenvalue weighted by atomic mass is 9.96. The maximum absolute atomic E-state index is 12.3. The molecule has 0 amide bonds. The number of benzene rings is 2. The Hall–Kier alpha value is -0.780. The van der Waals surface area contributed by atoms with E-state index in [1.54, 1.807) is 0 Å². The summed E-state index contributed by atoms with van der Waals surface area (Å²) in [6.07, 6.45) is 0. The number of hydrogen-bond donors (Lipinski definition) is 0. The number of rotatable bonds is 6. The van der Waals surface area contributed by atoms with Crippen LogP contribution in [0, 0.1) is 0 Å². The zero-order valence-corrected chi connectivity index (χ0v) is 19.9. The summed E-state index contributed by atoms with van der Waals surface area (Å²) in [6.45, 7) is 7.36.